The van der Waals surface area contributed by atoms with Gasteiger partial charge in [0.1, 0.15) is 18.4 Å². The summed E-state index contributed by atoms with van der Waals surface area (Å²) in [6.07, 6.45) is 1.79. The first-order valence-corrected chi connectivity index (χ1v) is 13.8. The Labute approximate surface area is 239 Å². The maximum Gasteiger partial charge on any atom is 0.338 e. The molecular formula is C30H24Cl2N2O4S. The van der Waals surface area contributed by atoms with Crippen molar-refractivity contribution < 1.29 is 14.3 Å². The van der Waals surface area contributed by atoms with Gasteiger partial charge in [-0.05, 0) is 66.9 Å². The first-order valence-electron chi connectivity index (χ1n) is 12.3. The van der Waals surface area contributed by atoms with Crippen molar-refractivity contribution >= 4 is 46.6 Å². The molecule has 2 heterocycles. The second-order valence-electron chi connectivity index (χ2n) is 8.81. The quantitative estimate of drug-likeness (QED) is 0.264. The number of nitrogens with zero attached hydrogens (tertiary/aromatic N) is 2. The van der Waals surface area contributed by atoms with Crippen LogP contribution in [0, 0.1) is 0 Å². The number of aromatic nitrogens is 1. The summed E-state index contributed by atoms with van der Waals surface area (Å²) in [6.45, 7) is 4.04. The summed E-state index contributed by atoms with van der Waals surface area (Å²) in [4.78, 5) is 31.9. The number of fused-ring (bicyclic) bond motifs is 1. The number of hydrogen-bond acceptors (Lipinski definition) is 6. The van der Waals surface area contributed by atoms with E-state index < -0.39 is 12.0 Å². The molecule has 6 nitrogen and oxygen atoms in total. The minimum atomic E-state index is -0.761. The number of halogens is 2. The highest BCUT2D eigenvalue weighted by molar-refractivity contribution is 7.07. The Morgan fingerprint density at radius 3 is 2.64 bits per heavy atom. The summed E-state index contributed by atoms with van der Waals surface area (Å²) in [7, 11) is 0. The maximum atomic E-state index is 13.8. The molecular weight excluding hydrogens is 555 g/mol. The Balaban J connectivity index is 1.55. The first-order chi connectivity index (χ1) is 18.9. The topological polar surface area (TPSA) is 69.9 Å². The highest BCUT2D eigenvalue weighted by Crippen LogP contribution is 2.34. The van der Waals surface area contributed by atoms with Crippen LogP contribution in [0.5, 0.6) is 5.75 Å². The van der Waals surface area contributed by atoms with Gasteiger partial charge in [-0.3, -0.25) is 9.36 Å². The fourth-order valence-corrected chi connectivity index (χ4v) is 5.92. The molecule has 1 atom stereocenters. The normalized spacial score (nSPS) is 15.1. The average Bonchev–Trinajstić information content (AvgIpc) is 3.21. The van der Waals surface area contributed by atoms with Crippen molar-refractivity contribution in [3.63, 3.8) is 0 Å². The SMILES string of the molecule is CCOC(=O)C1=C(C)N=c2s/c(=C\c3cccc(OCc4cccc(Cl)c4)c3)c(=O)n2[C@@H]1c1ccccc1Cl. The lowest BCUT2D eigenvalue weighted by molar-refractivity contribution is -0.139. The van der Waals surface area contributed by atoms with E-state index in [0.29, 0.717) is 48.6 Å². The van der Waals surface area contributed by atoms with Crippen LogP contribution in [0.2, 0.25) is 10.0 Å². The Hall–Kier alpha value is -3.65. The first kappa shape index (κ1) is 26.9. The van der Waals surface area contributed by atoms with Crippen molar-refractivity contribution in [1.29, 1.82) is 0 Å². The van der Waals surface area contributed by atoms with Crippen molar-refractivity contribution in [2.24, 2.45) is 4.99 Å². The van der Waals surface area contributed by atoms with Gasteiger partial charge < -0.3 is 9.47 Å². The lowest BCUT2D eigenvalue weighted by atomic mass is 9.96. The molecule has 1 aliphatic rings. The average molecular weight is 580 g/mol. The van der Waals surface area contributed by atoms with Crippen LogP contribution in [0.25, 0.3) is 6.08 Å². The Kier molecular flexibility index (Phi) is 8.02. The molecule has 1 aliphatic heterocycles. The van der Waals surface area contributed by atoms with Crippen LogP contribution in [0.3, 0.4) is 0 Å². The zero-order chi connectivity index (χ0) is 27.5. The van der Waals surface area contributed by atoms with Gasteiger partial charge >= 0.3 is 5.97 Å². The molecule has 1 aromatic heterocycles. The summed E-state index contributed by atoms with van der Waals surface area (Å²) in [5, 5.41) is 1.09. The number of carbonyl (C=O) groups is 1. The van der Waals surface area contributed by atoms with Crippen molar-refractivity contribution in [2.45, 2.75) is 26.5 Å². The van der Waals surface area contributed by atoms with Gasteiger partial charge in [0.25, 0.3) is 5.56 Å². The summed E-state index contributed by atoms with van der Waals surface area (Å²) in [5.41, 5.74) is 2.87. The molecule has 0 fully saturated rings. The van der Waals surface area contributed by atoms with E-state index in [1.165, 1.54) is 15.9 Å². The third kappa shape index (κ3) is 5.71. The molecule has 0 N–H and O–H groups in total. The number of esters is 1. The molecule has 0 saturated carbocycles. The minimum absolute atomic E-state index is 0.199. The van der Waals surface area contributed by atoms with Gasteiger partial charge in [0, 0.05) is 10.0 Å². The van der Waals surface area contributed by atoms with E-state index in [1.807, 2.05) is 60.7 Å². The van der Waals surface area contributed by atoms with E-state index in [0.717, 1.165) is 11.1 Å². The summed E-state index contributed by atoms with van der Waals surface area (Å²) < 4.78 is 13.3. The number of ether oxygens (including phenoxy) is 2. The Morgan fingerprint density at radius 2 is 1.87 bits per heavy atom. The largest absolute Gasteiger partial charge is 0.489 e. The number of carbonyl (C=O) groups excluding carboxylic acids is 1. The predicted molar refractivity (Wildman–Crippen MR) is 154 cm³/mol. The molecule has 39 heavy (non-hydrogen) atoms. The lowest BCUT2D eigenvalue weighted by Gasteiger charge is -2.25. The summed E-state index contributed by atoms with van der Waals surface area (Å²) in [6, 6.07) is 21.4. The molecule has 0 unspecified atom stereocenters. The van der Waals surface area contributed by atoms with Crippen LogP contribution in [-0.4, -0.2) is 17.1 Å². The Bertz CT molecular complexity index is 1770. The van der Waals surface area contributed by atoms with Crippen LogP contribution in [0.4, 0.5) is 0 Å². The maximum absolute atomic E-state index is 13.8. The van der Waals surface area contributed by atoms with Crippen molar-refractivity contribution in [3.05, 3.63) is 130 Å². The van der Waals surface area contributed by atoms with Gasteiger partial charge in [-0.15, -0.1) is 0 Å². The lowest BCUT2D eigenvalue weighted by Crippen LogP contribution is -2.40. The zero-order valence-corrected chi connectivity index (χ0v) is 23.5. The van der Waals surface area contributed by atoms with Crippen molar-refractivity contribution in [1.82, 2.24) is 4.57 Å². The highest BCUT2D eigenvalue weighted by Gasteiger charge is 2.34. The minimum Gasteiger partial charge on any atom is -0.489 e. The number of hydrogen-bond donors (Lipinski definition) is 0. The van der Waals surface area contributed by atoms with Crippen molar-refractivity contribution in [2.75, 3.05) is 6.61 Å². The molecule has 0 bridgehead atoms. The van der Waals surface area contributed by atoms with Crippen LogP contribution in [0.1, 0.15) is 36.6 Å². The fraction of sp³-hybridized carbons (Fsp3) is 0.167. The second kappa shape index (κ2) is 11.6. The van der Waals surface area contributed by atoms with Gasteiger partial charge in [0.2, 0.25) is 0 Å². The molecule has 5 rings (SSSR count). The van der Waals surface area contributed by atoms with E-state index in [1.54, 1.807) is 32.1 Å². The number of rotatable bonds is 7. The molecule has 0 saturated heterocycles. The van der Waals surface area contributed by atoms with Crippen LogP contribution in [-0.2, 0) is 16.1 Å². The van der Waals surface area contributed by atoms with Gasteiger partial charge in [-0.25, -0.2) is 9.79 Å². The molecule has 0 radical (unpaired) electrons. The van der Waals surface area contributed by atoms with E-state index in [-0.39, 0.29) is 12.2 Å². The van der Waals surface area contributed by atoms with Crippen molar-refractivity contribution in [3.8, 4) is 5.75 Å². The van der Waals surface area contributed by atoms with Crippen LogP contribution in [0.15, 0.2) is 93.9 Å². The smallest absolute Gasteiger partial charge is 0.338 e. The molecule has 0 spiro atoms. The van der Waals surface area contributed by atoms with Crippen LogP contribution < -0.4 is 19.6 Å². The monoisotopic (exact) mass is 578 g/mol. The van der Waals surface area contributed by atoms with E-state index in [2.05, 4.69) is 4.99 Å². The third-order valence-corrected chi connectivity index (χ3v) is 7.73. The summed E-state index contributed by atoms with van der Waals surface area (Å²) >= 11 is 13.9. The molecule has 3 aromatic carbocycles. The highest BCUT2D eigenvalue weighted by atomic mass is 35.5. The summed E-state index contributed by atoms with van der Waals surface area (Å²) in [5.74, 6) is 0.133. The molecule has 198 valence electrons. The van der Waals surface area contributed by atoms with Gasteiger partial charge in [-0.1, -0.05) is 77.0 Å². The second-order valence-corrected chi connectivity index (χ2v) is 10.7. The third-order valence-electron chi connectivity index (χ3n) is 6.17. The number of allylic oxidation sites excluding steroid dienone is 1. The van der Waals surface area contributed by atoms with Gasteiger partial charge in [0.15, 0.2) is 4.80 Å². The molecule has 0 aliphatic carbocycles. The van der Waals surface area contributed by atoms with Crippen LogP contribution >= 0.6 is 34.5 Å². The Morgan fingerprint density at radius 1 is 1.08 bits per heavy atom. The van der Waals surface area contributed by atoms with E-state index in [4.69, 9.17) is 32.7 Å². The molecule has 4 aromatic rings. The van der Waals surface area contributed by atoms with E-state index >= 15 is 0 Å². The van der Waals surface area contributed by atoms with E-state index in [9.17, 15) is 9.59 Å². The predicted octanol–water partition coefficient (Wildman–Crippen LogP) is 5.68. The van der Waals surface area contributed by atoms with Gasteiger partial charge in [-0.2, -0.15) is 0 Å². The molecule has 9 heteroatoms. The number of benzene rings is 3. The standard InChI is InChI=1S/C30H24Cl2N2O4S/c1-3-37-29(36)26-18(2)33-30-34(27(26)23-12-4-5-13-24(23)32)28(35)25(39-30)16-19-8-7-11-22(15-19)38-17-20-9-6-10-21(31)14-20/h4-16,27H,3,17H2,1-2H3/b25-16-/t27-/m1/s1. The molecule has 0 amide bonds. The van der Waals surface area contributed by atoms with Gasteiger partial charge in [0.05, 0.1) is 22.4 Å². The fourth-order valence-electron chi connectivity index (χ4n) is 4.42. The number of thiazole rings is 1. The zero-order valence-electron chi connectivity index (χ0n) is 21.2.